The lowest BCUT2D eigenvalue weighted by Crippen LogP contribution is -2.48. The first-order valence-electron chi connectivity index (χ1n) is 7.43. The van der Waals surface area contributed by atoms with E-state index in [1.807, 2.05) is 0 Å². The smallest absolute Gasteiger partial charge is 0.333 e. The van der Waals surface area contributed by atoms with E-state index in [2.05, 4.69) is 6.58 Å². The molecule has 6 unspecified atom stereocenters. The Morgan fingerprint density at radius 3 is 2.56 bits per heavy atom. The predicted octanol–water partition coefficient (Wildman–Crippen LogP) is -1.50. The number of fused-ring (bicyclic) bond motifs is 1. The summed E-state index contributed by atoms with van der Waals surface area (Å²) in [5.41, 5.74) is 0.128. The molecular formula is C14H15O10S-. The Hall–Kier alpha value is -1.98. The van der Waals surface area contributed by atoms with Crippen LogP contribution in [-0.2, 0) is 43.4 Å². The molecule has 3 aliphatic rings. The quantitative estimate of drug-likeness (QED) is 0.233. The molecule has 0 amide bonds. The molecule has 3 saturated heterocycles. The van der Waals surface area contributed by atoms with Crippen LogP contribution in [0.4, 0.5) is 0 Å². The summed E-state index contributed by atoms with van der Waals surface area (Å²) in [4.78, 5) is 36.0. The van der Waals surface area contributed by atoms with Crippen molar-refractivity contribution in [3.63, 3.8) is 0 Å². The Kier molecular flexibility index (Phi) is 4.33. The maximum Gasteiger partial charge on any atom is 0.333 e. The normalized spacial score (nSPS) is 35.4. The molecule has 2 bridgehead atoms. The average molecular weight is 375 g/mol. The number of esters is 3. The fourth-order valence-electron chi connectivity index (χ4n) is 3.30. The lowest BCUT2D eigenvalue weighted by molar-refractivity contribution is -0.160. The van der Waals surface area contributed by atoms with Crippen molar-refractivity contribution < 1.29 is 46.3 Å². The predicted molar refractivity (Wildman–Crippen MR) is 75.7 cm³/mol. The van der Waals surface area contributed by atoms with Crippen molar-refractivity contribution in [1.29, 1.82) is 0 Å². The largest absolute Gasteiger partial charge is 0.748 e. The van der Waals surface area contributed by atoms with Gasteiger partial charge in [-0.05, 0) is 6.92 Å². The maximum atomic E-state index is 12.3. The fraction of sp³-hybridized carbons (Fsp3) is 0.643. The Morgan fingerprint density at radius 2 is 1.96 bits per heavy atom. The van der Waals surface area contributed by atoms with E-state index >= 15 is 0 Å². The van der Waals surface area contributed by atoms with Gasteiger partial charge in [0.05, 0.1) is 15.9 Å². The van der Waals surface area contributed by atoms with E-state index in [9.17, 15) is 27.4 Å². The van der Waals surface area contributed by atoms with Crippen LogP contribution in [0.5, 0.6) is 0 Å². The second kappa shape index (κ2) is 6.07. The van der Waals surface area contributed by atoms with E-state index < -0.39 is 76.6 Å². The first-order chi connectivity index (χ1) is 11.6. The van der Waals surface area contributed by atoms with Gasteiger partial charge in [-0.1, -0.05) is 6.58 Å². The number of hydrogen-bond acceptors (Lipinski definition) is 10. The summed E-state index contributed by atoms with van der Waals surface area (Å²) in [5, 5.41) is 0. The van der Waals surface area contributed by atoms with Crippen LogP contribution in [0.3, 0.4) is 0 Å². The molecule has 0 spiro atoms. The van der Waals surface area contributed by atoms with Crippen LogP contribution in [0.25, 0.3) is 0 Å². The van der Waals surface area contributed by atoms with Gasteiger partial charge in [0.2, 0.25) is 0 Å². The molecule has 10 nitrogen and oxygen atoms in total. The summed E-state index contributed by atoms with van der Waals surface area (Å²) < 4.78 is 52.4. The lowest BCUT2D eigenvalue weighted by atomic mass is 9.78. The van der Waals surface area contributed by atoms with E-state index in [-0.39, 0.29) is 5.57 Å². The lowest BCUT2D eigenvalue weighted by Gasteiger charge is -2.27. The van der Waals surface area contributed by atoms with Crippen molar-refractivity contribution in [2.75, 3.05) is 12.4 Å². The van der Waals surface area contributed by atoms with E-state index in [4.69, 9.17) is 18.9 Å². The zero-order valence-corrected chi connectivity index (χ0v) is 13.9. The molecule has 0 aliphatic carbocycles. The van der Waals surface area contributed by atoms with Crippen molar-refractivity contribution in [2.45, 2.75) is 31.3 Å². The molecule has 138 valence electrons. The van der Waals surface area contributed by atoms with E-state index in [1.165, 1.54) is 6.92 Å². The molecule has 0 saturated carbocycles. The van der Waals surface area contributed by atoms with Gasteiger partial charge in [-0.3, -0.25) is 9.59 Å². The van der Waals surface area contributed by atoms with Crippen molar-refractivity contribution in [3.8, 4) is 0 Å². The van der Waals surface area contributed by atoms with Crippen molar-refractivity contribution in [2.24, 2.45) is 11.8 Å². The average Bonchev–Trinajstić information content (AvgIpc) is 3.08. The van der Waals surface area contributed by atoms with Gasteiger partial charge >= 0.3 is 17.9 Å². The van der Waals surface area contributed by atoms with Gasteiger partial charge in [-0.25, -0.2) is 13.2 Å². The highest BCUT2D eigenvalue weighted by Gasteiger charge is 2.72. The second-order valence-corrected chi connectivity index (χ2v) is 7.62. The SMILES string of the molecule is C=C(C)C(=O)OC1C2OC(=O)C3C2OC1C3C(=O)OCCS(=O)(=O)[O-]. The summed E-state index contributed by atoms with van der Waals surface area (Å²) >= 11 is 0. The Balaban J connectivity index is 1.74. The topological polar surface area (TPSA) is 145 Å². The highest BCUT2D eigenvalue weighted by atomic mass is 32.2. The summed E-state index contributed by atoms with van der Waals surface area (Å²) in [6.07, 6.45) is -3.50. The highest BCUT2D eigenvalue weighted by Crippen LogP contribution is 2.51. The summed E-state index contributed by atoms with van der Waals surface area (Å²) in [6, 6.07) is 0. The van der Waals surface area contributed by atoms with Crippen molar-refractivity contribution in [3.05, 3.63) is 12.2 Å². The monoisotopic (exact) mass is 375 g/mol. The molecule has 3 fully saturated rings. The Bertz CT molecular complexity index is 741. The molecule has 3 heterocycles. The number of carbonyl (C=O) groups excluding carboxylic acids is 3. The Morgan fingerprint density at radius 1 is 1.28 bits per heavy atom. The standard InChI is InChI=1S/C14H16O10S/c1-5(2)12(15)23-10-8-6(13(16)21-3-4-25(18,19)20)7-9(22-8)11(10)24-14(7)17/h6-11H,1,3-4H2,2H3,(H,18,19,20)/p-1. The minimum absolute atomic E-state index is 0.128. The van der Waals surface area contributed by atoms with Crippen LogP contribution in [0, 0.1) is 11.8 Å². The van der Waals surface area contributed by atoms with Crippen LogP contribution in [0.1, 0.15) is 6.92 Å². The highest BCUT2D eigenvalue weighted by molar-refractivity contribution is 7.85. The van der Waals surface area contributed by atoms with Gasteiger partial charge in [0, 0.05) is 5.57 Å². The Labute approximate surface area is 142 Å². The maximum absolute atomic E-state index is 12.3. The van der Waals surface area contributed by atoms with Gasteiger partial charge in [-0.15, -0.1) is 0 Å². The van der Waals surface area contributed by atoms with Crippen LogP contribution >= 0.6 is 0 Å². The number of rotatable bonds is 6. The number of carbonyl (C=O) groups is 3. The first-order valence-corrected chi connectivity index (χ1v) is 9.00. The van der Waals surface area contributed by atoms with Crippen LogP contribution < -0.4 is 0 Å². The first kappa shape index (κ1) is 17.8. The molecule has 11 heteroatoms. The summed E-state index contributed by atoms with van der Waals surface area (Å²) in [7, 11) is -4.54. The van der Waals surface area contributed by atoms with Gasteiger partial charge in [0.15, 0.2) is 12.2 Å². The van der Waals surface area contributed by atoms with Crippen LogP contribution in [-0.4, -0.2) is 67.7 Å². The molecule has 25 heavy (non-hydrogen) atoms. The number of hydrogen-bond donors (Lipinski definition) is 0. The third kappa shape index (κ3) is 3.14. The van der Waals surface area contributed by atoms with Gasteiger partial charge < -0.3 is 23.5 Å². The van der Waals surface area contributed by atoms with Gasteiger partial charge in [0.1, 0.15) is 30.7 Å². The van der Waals surface area contributed by atoms with Crippen LogP contribution in [0.15, 0.2) is 12.2 Å². The molecule has 0 radical (unpaired) electrons. The van der Waals surface area contributed by atoms with E-state index in [0.717, 1.165) is 0 Å². The third-order valence-electron chi connectivity index (χ3n) is 4.35. The number of ether oxygens (including phenoxy) is 4. The van der Waals surface area contributed by atoms with E-state index in [0.29, 0.717) is 0 Å². The zero-order valence-electron chi connectivity index (χ0n) is 13.1. The molecular weight excluding hydrogens is 360 g/mol. The van der Waals surface area contributed by atoms with E-state index in [1.54, 1.807) is 0 Å². The zero-order chi connectivity index (χ0) is 18.5. The summed E-state index contributed by atoms with van der Waals surface area (Å²) in [6.45, 7) is 4.25. The fourth-order valence-corrected chi connectivity index (χ4v) is 3.59. The molecule has 0 N–H and O–H groups in total. The molecule has 6 atom stereocenters. The minimum atomic E-state index is -4.54. The second-order valence-electron chi connectivity index (χ2n) is 6.10. The molecule has 3 rings (SSSR count). The third-order valence-corrected chi connectivity index (χ3v) is 5.01. The van der Waals surface area contributed by atoms with Crippen molar-refractivity contribution >= 4 is 28.0 Å². The van der Waals surface area contributed by atoms with Crippen LogP contribution in [0.2, 0.25) is 0 Å². The van der Waals surface area contributed by atoms with Gasteiger partial charge in [-0.2, -0.15) is 0 Å². The summed E-state index contributed by atoms with van der Waals surface area (Å²) in [5.74, 6) is -5.20. The molecule has 3 aliphatic heterocycles. The van der Waals surface area contributed by atoms with Crippen molar-refractivity contribution in [1.82, 2.24) is 0 Å². The minimum Gasteiger partial charge on any atom is -0.748 e. The molecule has 0 aromatic rings. The molecule has 0 aromatic carbocycles. The molecule has 0 aromatic heterocycles. The van der Waals surface area contributed by atoms with Gasteiger partial charge in [0.25, 0.3) is 0 Å².